The summed E-state index contributed by atoms with van der Waals surface area (Å²) in [5.74, 6) is -0.496. The largest absolute Gasteiger partial charge is 0.492 e. The number of hydrogen-bond acceptors (Lipinski definition) is 4. The highest BCUT2D eigenvalue weighted by Crippen LogP contribution is 2.36. The van der Waals surface area contributed by atoms with Crippen molar-refractivity contribution in [1.82, 2.24) is 0 Å². The number of halogens is 3. The van der Waals surface area contributed by atoms with Crippen LogP contribution in [-0.2, 0) is 22.6 Å². The van der Waals surface area contributed by atoms with E-state index in [1.807, 2.05) is 0 Å². The average Bonchev–Trinajstić information content (AvgIpc) is 3.06. The Labute approximate surface area is 166 Å². The maximum absolute atomic E-state index is 13.0. The van der Waals surface area contributed by atoms with E-state index in [1.165, 1.54) is 16.4 Å². The van der Waals surface area contributed by atoms with Crippen molar-refractivity contribution in [1.29, 1.82) is 0 Å². The number of anilines is 2. The van der Waals surface area contributed by atoms with Crippen LogP contribution < -0.4 is 14.4 Å². The lowest BCUT2D eigenvalue weighted by molar-refractivity contribution is -0.137. The van der Waals surface area contributed by atoms with Gasteiger partial charge in [0.05, 0.1) is 29.8 Å². The monoisotopic (exact) mass is 428 g/mol. The quantitative estimate of drug-likeness (QED) is 0.788. The molecule has 10 heteroatoms. The summed E-state index contributed by atoms with van der Waals surface area (Å²) in [6.07, 6.45) is -3.02. The number of amides is 1. The Hall–Kier alpha value is -2.75. The molecule has 0 aliphatic carbocycles. The first kappa shape index (κ1) is 21.0. The third-order valence-electron chi connectivity index (χ3n) is 4.45. The van der Waals surface area contributed by atoms with Crippen LogP contribution in [0.15, 0.2) is 36.4 Å². The first-order valence-corrected chi connectivity index (χ1v) is 10.6. The number of nitrogens with zero attached hydrogens (tertiary/aromatic N) is 1. The molecule has 0 spiro atoms. The molecule has 1 amide bonds. The van der Waals surface area contributed by atoms with Crippen LogP contribution in [-0.4, -0.2) is 33.7 Å². The molecule has 0 aromatic heterocycles. The normalized spacial score (nSPS) is 13.9. The van der Waals surface area contributed by atoms with E-state index in [0.717, 1.165) is 24.5 Å². The van der Waals surface area contributed by atoms with Gasteiger partial charge in [-0.05, 0) is 55.3 Å². The molecule has 2 aromatic carbocycles. The first-order chi connectivity index (χ1) is 13.5. The molecular formula is C19H19F3N2O4S. The van der Waals surface area contributed by atoms with E-state index in [2.05, 4.69) is 5.32 Å². The summed E-state index contributed by atoms with van der Waals surface area (Å²) in [6.45, 7) is 2.17. The number of alkyl halides is 3. The number of nitrogens with one attached hydrogen (secondary N) is 1. The van der Waals surface area contributed by atoms with Gasteiger partial charge in [-0.1, -0.05) is 0 Å². The molecule has 0 fully saturated rings. The molecule has 1 aliphatic rings. The SMILES string of the molecule is CCOc1ccc(C(F)(F)F)cc1NC(=O)c1ccc2c(c1)CCN2S(C)(=O)=O. The fourth-order valence-electron chi connectivity index (χ4n) is 3.14. The van der Waals surface area contributed by atoms with Gasteiger partial charge in [0.25, 0.3) is 5.91 Å². The molecule has 0 atom stereocenters. The smallest absolute Gasteiger partial charge is 0.416 e. The molecule has 0 unspecified atom stereocenters. The molecule has 29 heavy (non-hydrogen) atoms. The van der Waals surface area contributed by atoms with Crippen LogP contribution in [0.4, 0.5) is 24.5 Å². The van der Waals surface area contributed by atoms with Crippen LogP contribution in [0.5, 0.6) is 5.75 Å². The van der Waals surface area contributed by atoms with Crippen molar-refractivity contribution in [3.05, 3.63) is 53.1 Å². The van der Waals surface area contributed by atoms with Gasteiger partial charge in [0.2, 0.25) is 10.0 Å². The Kier molecular flexibility index (Phi) is 5.48. The Morgan fingerprint density at radius 1 is 1.21 bits per heavy atom. The summed E-state index contributed by atoms with van der Waals surface area (Å²) < 4.78 is 69.2. The molecule has 0 bridgehead atoms. The number of carbonyl (C=O) groups excluding carboxylic acids is 1. The molecule has 3 rings (SSSR count). The summed E-state index contributed by atoms with van der Waals surface area (Å²) in [4.78, 5) is 12.6. The van der Waals surface area contributed by atoms with Crippen LogP contribution in [0.3, 0.4) is 0 Å². The van der Waals surface area contributed by atoms with Gasteiger partial charge >= 0.3 is 6.18 Å². The molecule has 156 valence electrons. The van der Waals surface area contributed by atoms with Crippen molar-refractivity contribution in [2.24, 2.45) is 0 Å². The second-order valence-corrected chi connectivity index (χ2v) is 8.43. The second kappa shape index (κ2) is 7.58. The fraction of sp³-hybridized carbons (Fsp3) is 0.316. The molecule has 0 radical (unpaired) electrons. The molecule has 1 heterocycles. The van der Waals surface area contributed by atoms with Crippen molar-refractivity contribution >= 4 is 27.3 Å². The number of rotatable bonds is 5. The Morgan fingerprint density at radius 2 is 1.93 bits per heavy atom. The minimum Gasteiger partial charge on any atom is -0.492 e. The van der Waals surface area contributed by atoms with Crippen molar-refractivity contribution in [2.45, 2.75) is 19.5 Å². The van der Waals surface area contributed by atoms with E-state index in [4.69, 9.17) is 4.74 Å². The van der Waals surface area contributed by atoms with Crippen LogP contribution in [0.25, 0.3) is 0 Å². The van der Waals surface area contributed by atoms with Crippen molar-refractivity contribution in [3.8, 4) is 5.75 Å². The molecule has 6 nitrogen and oxygen atoms in total. The first-order valence-electron chi connectivity index (χ1n) is 8.76. The predicted octanol–water partition coefficient (Wildman–Crippen LogP) is 3.68. The Balaban J connectivity index is 1.89. The van der Waals surface area contributed by atoms with E-state index in [1.54, 1.807) is 13.0 Å². The summed E-state index contributed by atoms with van der Waals surface area (Å²) in [5, 5.41) is 2.46. The summed E-state index contributed by atoms with van der Waals surface area (Å²) in [5.41, 5.74) is 0.383. The number of sulfonamides is 1. The van der Waals surface area contributed by atoms with Crippen molar-refractivity contribution < 1.29 is 31.1 Å². The standard InChI is InChI=1S/C19H19F3N2O4S/c1-3-28-17-7-5-14(19(20,21)22)11-15(17)23-18(25)13-4-6-16-12(10-13)8-9-24(16)29(2,26)27/h4-7,10-11H,3,8-9H2,1-2H3,(H,23,25). The number of carbonyl (C=O) groups is 1. The molecule has 1 N–H and O–H groups in total. The van der Waals surface area contributed by atoms with E-state index >= 15 is 0 Å². The summed E-state index contributed by atoms with van der Waals surface area (Å²) >= 11 is 0. The van der Waals surface area contributed by atoms with Gasteiger partial charge < -0.3 is 10.1 Å². The zero-order valence-electron chi connectivity index (χ0n) is 15.7. The third kappa shape index (κ3) is 4.47. The van der Waals surface area contributed by atoms with Crippen LogP contribution in [0.1, 0.15) is 28.4 Å². The minimum atomic E-state index is -4.56. The van der Waals surface area contributed by atoms with Crippen LogP contribution in [0.2, 0.25) is 0 Å². The van der Waals surface area contributed by atoms with Gasteiger partial charge in [-0.15, -0.1) is 0 Å². The average molecular weight is 428 g/mol. The molecule has 2 aromatic rings. The summed E-state index contributed by atoms with van der Waals surface area (Å²) in [6, 6.07) is 7.37. The summed E-state index contributed by atoms with van der Waals surface area (Å²) in [7, 11) is -3.42. The number of fused-ring (bicyclic) bond motifs is 1. The molecule has 1 aliphatic heterocycles. The zero-order valence-corrected chi connectivity index (χ0v) is 16.5. The van der Waals surface area contributed by atoms with E-state index in [-0.39, 0.29) is 30.2 Å². The number of benzene rings is 2. The highest BCUT2D eigenvalue weighted by Gasteiger charge is 2.32. The minimum absolute atomic E-state index is 0.0927. The van der Waals surface area contributed by atoms with Gasteiger partial charge in [0, 0.05) is 12.1 Å². The fourth-order valence-corrected chi connectivity index (χ4v) is 4.10. The van der Waals surface area contributed by atoms with E-state index in [0.29, 0.717) is 17.7 Å². The Morgan fingerprint density at radius 3 is 2.55 bits per heavy atom. The van der Waals surface area contributed by atoms with Gasteiger partial charge in [-0.25, -0.2) is 8.42 Å². The van der Waals surface area contributed by atoms with Gasteiger partial charge in [0.15, 0.2) is 0 Å². The van der Waals surface area contributed by atoms with Crippen LogP contribution in [0, 0.1) is 0 Å². The molecule has 0 saturated carbocycles. The predicted molar refractivity (Wildman–Crippen MR) is 103 cm³/mol. The van der Waals surface area contributed by atoms with Gasteiger partial charge in [-0.3, -0.25) is 9.10 Å². The van der Waals surface area contributed by atoms with Gasteiger partial charge in [0.1, 0.15) is 5.75 Å². The van der Waals surface area contributed by atoms with Gasteiger partial charge in [-0.2, -0.15) is 13.2 Å². The second-order valence-electron chi connectivity index (χ2n) is 6.52. The molecular weight excluding hydrogens is 409 g/mol. The van der Waals surface area contributed by atoms with Crippen molar-refractivity contribution in [3.63, 3.8) is 0 Å². The van der Waals surface area contributed by atoms with Crippen LogP contribution >= 0.6 is 0 Å². The highest BCUT2D eigenvalue weighted by molar-refractivity contribution is 7.92. The maximum Gasteiger partial charge on any atom is 0.416 e. The number of ether oxygens (including phenoxy) is 1. The highest BCUT2D eigenvalue weighted by atomic mass is 32.2. The zero-order chi connectivity index (χ0) is 21.4. The molecule has 0 saturated heterocycles. The lowest BCUT2D eigenvalue weighted by Gasteiger charge is -2.17. The third-order valence-corrected chi connectivity index (χ3v) is 5.63. The lowest BCUT2D eigenvalue weighted by Crippen LogP contribution is -2.27. The Bertz CT molecular complexity index is 1050. The maximum atomic E-state index is 13.0. The van der Waals surface area contributed by atoms with E-state index < -0.39 is 27.7 Å². The number of hydrogen-bond donors (Lipinski definition) is 1. The van der Waals surface area contributed by atoms with Crippen molar-refractivity contribution in [2.75, 3.05) is 29.0 Å². The topological polar surface area (TPSA) is 75.7 Å². The lowest BCUT2D eigenvalue weighted by atomic mass is 10.1. The van der Waals surface area contributed by atoms with E-state index in [9.17, 15) is 26.4 Å².